The predicted molar refractivity (Wildman–Crippen MR) is 114 cm³/mol. The lowest BCUT2D eigenvalue weighted by atomic mass is 9.90. The average molecular weight is 458 g/mol. The Bertz CT molecular complexity index is 1370. The van der Waals surface area contributed by atoms with E-state index in [4.69, 9.17) is 0 Å². The lowest BCUT2D eigenvalue weighted by Gasteiger charge is -2.30. The zero-order valence-electron chi connectivity index (χ0n) is 17.6. The second kappa shape index (κ2) is 8.17. The maximum absolute atomic E-state index is 13.9. The van der Waals surface area contributed by atoms with Gasteiger partial charge in [0.05, 0.1) is 17.3 Å². The van der Waals surface area contributed by atoms with E-state index < -0.39 is 34.7 Å². The molecule has 0 saturated heterocycles. The minimum Gasteiger partial charge on any atom is -0.353 e. The van der Waals surface area contributed by atoms with E-state index in [0.717, 1.165) is 46.4 Å². The van der Waals surface area contributed by atoms with Crippen LogP contribution in [0.5, 0.6) is 0 Å². The number of rotatable bonds is 4. The SMILES string of the molecule is O=C(N[C@H]1CC[C@@H](n2c(=O)c3cc(F)cnc3n(-c3ccc(F)c(F)c3)c2=O)CC1)C1CC1. The Morgan fingerprint density at radius 3 is 2.36 bits per heavy atom. The summed E-state index contributed by atoms with van der Waals surface area (Å²) in [5.74, 6) is -2.87. The third-order valence-corrected chi connectivity index (χ3v) is 6.41. The van der Waals surface area contributed by atoms with Crippen LogP contribution < -0.4 is 16.6 Å². The topological polar surface area (TPSA) is 86.0 Å². The highest BCUT2D eigenvalue weighted by atomic mass is 19.2. The van der Waals surface area contributed by atoms with Crippen LogP contribution in [0.2, 0.25) is 0 Å². The highest BCUT2D eigenvalue weighted by molar-refractivity contribution is 5.81. The van der Waals surface area contributed by atoms with Gasteiger partial charge < -0.3 is 5.32 Å². The normalized spacial score (nSPS) is 20.7. The maximum Gasteiger partial charge on any atom is 0.337 e. The highest BCUT2D eigenvalue weighted by Gasteiger charge is 2.33. The second-order valence-electron chi connectivity index (χ2n) is 8.70. The molecule has 5 rings (SSSR count). The van der Waals surface area contributed by atoms with Gasteiger partial charge in [0.2, 0.25) is 5.91 Å². The molecule has 2 fully saturated rings. The molecular weight excluding hydrogens is 437 g/mol. The van der Waals surface area contributed by atoms with Crippen LogP contribution in [0, 0.1) is 23.4 Å². The maximum atomic E-state index is 13.9. The molecule has 2 saturated carbocycles. The Morgan fingerprint density at radius 2 is 1.70 bits per heavy atom. The number of pyridine rings is 1. The number of amides is 1. The average Bonchev–Trinajstić information content (AvgIpc) is 3.63. The van der Waals surface area contributed by atoms with Gasteiger partial charge in [-0.05, 0) is 56.7 Å². The van der Waals surface area contributed by atoms with Crippen LogP contribution in [0.3, 0.4) is 0 Å². The molecule has 0 radical (unpaired) electrons. The third kappa shape index (κ3) is 3.94. The van der Waals surface area contributed by atoms with Gasteiger partial charge in [-0.15, -0.1) is 0 Å². The van der Waals surface area contributed by atoms with Gasteiger partial charge >= 0.3 is 5.69 Å². The van der Waals surface area contributed by atoms with Gasteiger partial charge in [-0.1, -0.05) is 0 Å². The molecule has 0 atom stereocenters. The number of carbonyl (C=O) groups is 1. The van der Waals surface area contributed by atoms with Gasteiger partial charge in [-0.3, -0.25) is 14.2 Å². The first-order chi connectivity index (χ1) is 15.8. The van der Waals surface area contributed by atoms with Crippen LogP contribution in [0.4, 0.5) is 13.2 Å². The zero-order chi connectivity index (χ0) is 23.3. The number of carbonyl (C=O) groups excluding carboxylic acids is 1. The van der Waals surface area contributed by atoms with Crippen LogP contribution in [-0.2, 0) is 4.79 Å². The molecule has 10 heteroatoms. The fourth-order valence-corrected chi connectivity index (χ4v) is 4.50. The molecule has 2 heterocycles. The van der Waals surface area contributed by atoms with E-state index in [1.54, 1.807) is 0 Å². The first-order valence-corrected chi connectivity index (χ1v) is 10.9. The van der Waals surface area contributed by atoms with Crippen molar-refractivity contribution in [2.24, 2.45) is 5.92 Å². The zero-order valence-corrected chi connectivity index (χ0v) is 17.6. The summed E-state index contributed by atoms with van der Waals surface area (Å²) in [7, 11) is 0. The van der Waals surface area contributed by atoms with E-state index >= 15 is 0 Å². The molecule has 3 aromatic rings. The van der Waals surface area contributed by atoms with Gasteiger partial charge in [-0.25, -0.2) is 27.5 Å². The van der Waals surface area contributed by atoms with Crippen molar-refractivity contribution in [2.45, 2.75) is 50.6 Å². The minimum atomic E-state index is -1.17. The second-order valence-corrected chi connectivity index (χ2v) is 8.70. The number of nitrogens with one attached hydrogen (secondary N) is 1. The fourth-order valence-electron chi connectivity index (χ4n) is 4.50. The van der Waals surface area contributed by atoms with E-state index in [9.17, 15) is 27.6 Å². The van der Waals surface area contributed by atoms with Crippen LogP contribution in [0.25, 0.3) is 16.7 Å². The van der Waals surface area contributed by atoms with Crippen LogP contribution in [0.1, 0.15) is 44.6 Å². The lowest BCUT2D eigenvalue weighted by molar-refractivity contribution is -0.123. The van der Waals surface area contributed by atoms with Crippen molar-refractivity contribution in [3.8, 4) is 5.69 Å². The Kier molecular flexibility index (Phi) is 5.30. The third-order valence-electron chi connectivity index (χ3n) is 6.41. The van der Waals surface area contributed by atoms with Gasteiger partial charge in [0.25, 0.3) is 5.56 Å². The van der Waals surface area contributed by atoms with Gasteiger partial charge in [0, 0.05) is 24.1 Å². The van der Waals surface area contributed by atoms with Crippen molar-refractivity contribution >= 4 is 16.9 Å². The number of hydrogen-bond acceptors (Lipinski definition) is 4. The summed E-state index contributed by atoms with van der Waals surface area (Å²) < 4.78 is 43.4. The number of hydrogen-bond donors (Lipinski definition) is 1. The van der Waals surface area contributed by atoms with E-state index in [2.05, 4.69) is 10.3 Å². The Labute approximate surface area is 185 Å². The lowest BCUT2D eigenvalue weighted by Crippen LogP contribution is -2.45. The van der Waals surface area contributed by atoms with Crippen molar-refractivity contribution < 1.29 is 18.0 Å². The van der Waals surface area contributed by atoms with E-state index in [0.29, 0.717) is 25.7 Å². The van der Waals surface area contributed by atoms with Crippen molar-refractivity contribution in [1.29, 1.82) is 0 Å². The molecule has 1 N–H and O–H groups in total. The summed E-state index contributed by atoms with van der Waals surface area (Å²) in [5, 5.41) is 2.89. The van der Waals surface area contributed by atoms with Crippen LogP contribution in [-0.4, -0.2) is 26.1 Å². The molecular formula is C23H21F3N4O3. The smallest absolute Gasteiger partial charge is 0.337 e. The summed E-state index contributed by atoms with van der Waals surface area (Å²) >= 11 is 0. The Morgan fingerprint density at radius 1 is 0.970 bits per heavy atom. The molecule has 0 unspecified atom stereocenters. The molecule has 2 aliphatic rings. The van der Waals surface area contributed by atoms with Crippen molar-refractivity contribution in [3.63, 3.8) is 0 Å². The molecule has 1 aromatic carbocycles. The number of fused-ring (bicyclic) bond motifs is 1. The van der Waals surface area contributed by atoms with E-state index in [1.165, 1.54) is 6.07 Å². The summed E-state index contributed by atoms with van der Waals surface area (Å²) in [6.45, 7) is 0. The van der Waals surface area contributed by atoms with Crippen LogP contribution >= 0.6 is 0 Å². The molecule has 0 spiro atoms. The quantitative estimate of drug-likeness (QED) is 0.652. The summed E-state index contributed by atoms with van der Waals surface area (Å²) in [4.78, 5) is 42.6. The first kappa shape index (κ1) is 21.4. The first-order valence-electron chi connectivity index (χ1n) is 10.9. The van der Waals surface area contributed by atoms with Gasteiger partial charge in [0.15, 0.2) is 17.3 Å². The van der Waals surface area contributed by atoms with Crippen molar-refractivity contribution in [3.05, 3.63) is 68.8 Å². The number of benzene rings is 1. The summed E-state index contributed by atoms with van der Waals surface area (Å²) in [5.41, 5.74) is -1.62. The fraction of sp³-hybridized carbons (Fsp3) is 0.391. The summed E-state index contributed by atoms with van der Waals surface area (Å²) in [6.07, 6.45) is 4.74. The Hall–Kier alpha value is -3.43. The predicted octanol–water partition coefficient (Wildman–Crippen LogP) is 2.97. The molecule has 7 nitrogen and oxygen atoms in total. The van der Waals surface area contributed by atoms with Crippen molar-refractivity contribution in [1.82, 2.24) is 19.4 Å². The molecule has 0 bridgehead atoms. The molecule has 0 aliphatic heterocycles. The minimum absolute atomic E-state index is 0.0258. The molecule has 1 amide bonds. The number of aromatic nitrogens is 3. The van der Waals surface area contributed by atoms with Crippen LogP contribution in [0.15, 0.2) is 40.1 Å². The number of halogens is 3. The van der Waals surface area contributed by atoms with Gasteiger partial charge in [-0.2, -0.15) is 0 Å². The van der Waals surface area contributed by atoms with Crippen molar-refractivity contribution in [2.75, 3.05) is 0 Å². The van der Waals surface area contributed by atoms with E-state index in [1.807, 2.05) is 0 Å². The molecule has 2 aliphatic carbocycles. The largest absolute Gasteiger partial charge is 0.353 e. The highest BCUT2D eigenvalue weighted by Crippen LogP contribution is 2.31. The van der Waals surface area contributed by atoms with E-state index in [-0.39, 0.29) is 34.6 Å². The summed E-state index contributed by atoms with van der Waals surface area (Å²) in [6, 6.07) is 3.37. The van der Waals surface area contributed by atoms with Gasteiger partial charge in [0.1, 0.15) is 5.82 Å². The molecule has 2 aromatic heterocycles. The molecule has 33 heavy (non-hydrogen) atoms. The Balaban J connectivity index is 1.56. The molecule has 172 valence electrons. The number of nitrogens with zero attached hydrogens (tertiary/aromatic N) is 3. The monoisotopic (exact) mass is 458 g/mol. The standard InChI is InChI=1S/C23H21F3N4O3/c24-13-9-17-20(27-11-13)29(16-7-8-18(25)19(26)10-16)23(33)30(22(17)32)15-5-3-14(4-6-15)28-21(31)12-1-2-12/h7-12,14-15H,1-6H2,(H,28,31)/t14-,15+.